The molecule has 3 rings (SSSR count). The molecule has 5 nitrogen and oxygen atoms in total. The maximum atomic E-state index is 5.42. The van der Waals surface area contributed by atoms with Crippen LogP contribution < -0.4 is 5.32 Å². The summed E-state index contributed by atoms with van der Waals surface area (Å²) in [6, 6.07) is 0. The molecule has 0 unspecified atom stereocenters. The van der Waals surface area contributed by atoms with E-state index in [2.05, 4.69) is 27.3 Å². The summed E-state index contributed by atoms with van der Waals surface area (Å²) in [5.41, 5.74) is 0. The van der Waals surface area contributed by atoms with Crippen molar-refractivity contribution in [2.24, 2.45) is 5.92 Å². The van der Waals surface area contributed by atoms with Crippen LogP contribution in [0.3, 0.4) is 0 Å². The first-order valence-corrected chi connectivity index (χ1v) is 8.10. The molecule has 1 saturated carbocycles. The van der Waals surface area contributed by atoms with Crippen molar-refractivity contribution in [3.05, 3.63) is 11.7 Å². The van der Waals surface area contributed by atoms with Crippen LogP contribution in [0.4, 0.5) is 0 Å². The molecular formula is C15H26N4O. The van der Waals surface area contributed by atoms with Crippen molar-refractivity contribution >= 4 is 0 Å². The Morgan fingerprint density at radius 3 is 2.75 bits per heavy atom. The van der Waals surface area contributed by atoms with Gasteiger partial charge in [-0.2, -0.15) is 4.98 Å². The van der Waals surface area contributed by atoms with E-state index >= 15 is 0 Å². The highest BCUT2D eigenvalue weighted by molar-refractivity contribution is 5.03. The van der Waals surface area contributed by atoms with Gasteiger partial charge in [-0.3, -0.25) is 4.90 Å². The molecular weight excluding hydrogens is 252 g/mol. The fourth-order valence-electron chi connectivity index (χ4n) is 3.01. The van der Waals surface area contributed by atoms with E-state index in [1.807, 2.05) is 0 Å². The fraction of sp³-hybridized carbons (Fsp3) is 0.867. The Hall–Kier alpha value is -0.940. The van der Waals surface area contributed by atoms with Crippen molar-refractivity contribution in [2.75, 3.05) is 26.2 Å². The van der Waals surface area contributed by atoms with Crippen molar-refractivity contribution in [1.29, 1.82) is 0 Å². The number of nitrogens with zero attached hydrogens (tertiary/aromatic N) is 3. The smallest absolute Gasteiger partial charge is 0.240 e. The van der Waals surface area contributed by atoms with Gasteiger partial charge in [0.15, 0.2) is 5.82 Å². The van der Waals surface area contributed by atoms with Gasteiger partial charge in [-0.15, -0.1) is 0 Å². The summed E-state index contributed by atoms with van der Waals surface area (Å²) >= 11 is 0. The Morgan fingerprint density at radius 1 is 1.25 bits per heavy atom. The number of nitrogens with one attached hydrogen (secondary N) is 1. The summed E-state index contributed by atoms with van der Waals surface area (Å²) < 4.78 is 5.42. The highest BCUT2D eigenvalue weighted by atomic mass is 16.5. The molecule has 1 aliphatic carbocycles. The molecule has 0 radical (unpaired) electrons. The first-order chi connectivity index (χ1) is 9.85. The number of hydrogen-bond donors (Lipinski definition) is 1. The van der Waals surface area contributed by atoms with E-state index in [9.17, 15) is 0 Å². The molecule has 1 saturated heterocycles. The maximum absolute atomic E-state index is 5.42. The van der Waals surface area contributed by atoms with Crippen molar-refractivity contribution in [1.82, 2.24) is 20.4 Å². The minimum atomic E-state index is 0.580. The fourth-order valence-corrected chi connectivity index (χ4v) is 3.01. The zero-order chi connectivity index (χ0) is 13.8. The van der Waals surface area contributed by atoms with Gasteiger partial charge in [0.1, 0.15) is 0 Å². The standard InChI is InChI=1S/C15H26N4O/c1-2-9-19(10-12-5-7-16-8-6-12)11-14-17-15(18-20-14)13-3-4-13/h12-13,16H,2-11H2,1H3. The normalized spacial score (nSPS) is 20.7. The van der Waals surface area contributed by atoms with Crippen molar-refractivity contribution < 1.29 is 4.52 Å². The van der Waals surface area contributed by atoms with Crippen LogP contribution in [0.15, 0.2) is 4.52 Å². The van der Waals surface area contributed by atoms with Gasteiger partial charge in [0.05, 0.1) is 6.54 Å². The zero-order valence-electron chi connectivity index (χ0n) is 12.5. The van der Waals surface area contributed by atoms with Gasteiger partial charge in [0.25, 0.3) is 0 Å². The Balaban J connectivity index is 1.54. The Morgan fingerprint density at radius 2 is 2.05 bits per heavy atom. The van der Waals surface area contributed by atoms with Crippen LogP contribution in [-0.4, -0.2) is 41.2 Å². The lowest BCUT2D eigenvalue weighted by molar-refractivity contribution is 0.178. The minimum absolute atomic E-state index is 0.580. The molecule has 2 aliphatic rings. The lowest BCUT2D eigenvalue weighted by Crippen LogP contribution is -2.36. The van der Waals surface area contributed by atoms with Gasteiger partial charge >= 0.3 is 0 Å². The molecule has 1 N–H and O–H groups in total. The predicted octanol–water partition coefficient (Wildman–Crippen LogP) is 2.16. The van der Waals surface area contributed by atoms with E-state index in [1.54, 1.807) is 0 Å². The topological polar surface area (TPSA) is 54.2 Å². The third-order valence-corrected chi connectivity index (χ3v) is 4.30. The molecule has 2 fully saturated rings. The SMILES string of the molecule is CCCN(Cc1nc(C2CC2)no1)CC1CCNCC1. The lowest BCUT2D eigenvalue weighted by atomic mass is 9.97. The van der Waals surface area contributed by atoms with Crippen LogP contribution in [0.1, 0.15) is 56.7 Å². The zero-order valence-corrected chi connectivity index (χ0v) is 12.5. The highest BCUT2D eigenvalue weighted by Gasteiger charge is 2.29. The van der Waals surface area contributed by atoms with E-state index in [-0.39, 0.29) is 0 Å². The summed E-state index contributed by atoms with van der Waals surface area (Å²) in [5, 5.41) is 7.55. The summed E-state index contributed by atoms with van der Waals surface area (Å²) in [4.78, 5) is 7.04. The van der Waals surface area contributed by atoms with E-state index in [4.69, 9.17) is 4.52 Å². The van der Waals surface area contributed by atoms with Crippen molar-refractivity contribution in [3.63, 3.8) is 0 Å². The molecule has 0 bridgehead atoms. The first kappa shape index (κ1) is 14.0. The third-order valence-electron chi connectivity index (χ3n) is 4.30. The van der Waals surface area contributed by atoms with Gasteiger partial charge < -0.3 is 9.84 Å². The molecule has 1 aromatic rings. The second kappa shape index (κ2) is 6.68. The quantitative estimate of drug-likeness (QED) is 0.828. The molecule has 112 valence electrons. The van der Waals surface area contributed by atoms with Gasteiger partial charge in [0.2, 0.25) is 5.89 Å². The first-order valence-electron chi connectivity index (χ1n) is 8.10. The highest BCUT2D eigenvalue weighted by Crippen LogP contribution is 2.38. The van der Waals surface area contributed by atoms with Gasteiger partial charge in [-0.1, -0.05) is 12.1 Å². The van der Waals surface area contributed by atoms with Crippen LogP contribution in [-0.2, 0) is 6.54 Å². The molecule has 5 heteroatoms. The molecule has 20 heavy (non-hydrogen) atoms. The summed E-state index contributed by atoms with van der Waals surface area (Å²) in [6.07, 6.45) is 6.21. The van der Waals surface area contributed by atoms with Gasteiger partial charge in [-0.25, -0.2) is 0 Å². The number of hydrogen-bond acceptors (Lipinski definition) is 5. The average Bonchev–Trinajstić information content (AvgIpc) is 3.21. The summed E-state index contributed by atoms with van der Waals surface area (Å²) in [5.74, 6) is 3.12. The summed E-state index contributed by atoms with van der Waals surface area (Å²) in [6.45, 7) is 7.66. The van der Waals surface area contributed by atoms with E-state index < -0.39 is 0 Å². The van der Waals surface area contributed by atoms with Crippen molar-refractivity contribution in [2.45, 2.75) is 51.5 Å². The molecule has 2 heterocycles. The predicted molar refractivity (Wildman–Crippen MR) is 77.4 cm³/mol. The average molecular weight is 278 g/mol. The maximum Gasteiger partial charge on any atom is 0.240 e. The largest absolute Gasteiger partial charge is 0.338 e. The molecule has 1 aliphatic heterocycles. The van der Waals surface area contributed by atoms with E-state index in [1.165, 1.54) is 32.1 Å². The van der Waals surface area contributed by atoms with Crippen molar-refractivity contribution in [3.8, 4) is 0 Å². The van der Waals surface area contributed by atoms with Crippen LogP contribution in [0, 0.1) is 5.92 Å². The monoisotopic (exact) mass is 278 g/mol. The molecule has 0 aromatic carbocycles. The molecule has 1 aromatic heterocycles. The van der Waals surface area contributed by atoms with E-state index in [0.717, 1.165) is 50.4 Å². The Kier molecular flexibility index (Phi) is 4.68. The Bertz CT molecular complexity index is 410. The van der Waals surface area contributed by atoms with Crippen LogP contribution in [0.5, 0.6) is 0 Å². The lowest BCUT2D eigenvalue weighted by Gasteiger charge is -2.29. The third kappa shape index (κ3) is 3.79. The van der Waals surface area contributed by atoms with Gasteiger partial charge in [0, 0.05) is 12.5 Å². The number of rotatable bonds is 7. The second-order valence-electron chi connectivity index (χ2n) is 6.25. The van der Waals surface area contributed by atoms with E-state index in [0.29, 0.717) is 5.92 Å². The number of aromatic nitrogens is 2. The number of piperidine rings is 1. The molecule has 0 amide bonds. The van der Waals surface area contributed by atoms with Crippen LogP contribution >= 0.6 is 0 Å². The summed E-state index contributed by atoms with van der Waals surface area (Å²) in [7, 11) is 0. The second-order valence-corrected chi connectivity index (χ2v) is 6.25. The van der Waals surface area contributed by atoms with Crippen LogP contribution in [0.25, 0.3) is 0 Å². The molecule has 0 atom stereocenters. The minimum Gasteiger partial charge on any atom is -0.338 e. The molecule has 0 spiro atoms. The van der Waals surface area contributed by atoms with Crippen LogP contribution in [0.2, 0.25) is 0 Å². The Labute approximate surface area is 121 Å². The van der Waals surface area contributed by atoms with Gasteiger partial charge in [-0.05, 0) is 57.7 Å².